The Hall–Kier alpha value is -1.33. The smallest absolute Gasteiger partial charge is 0.305 e. The summed E-state index contributed by atoms with van der Waals surface area (Å²) in [7, 11) is 2.43. The molecule has 0 bridgehead atoms. The van der Waals surface area contributed by atoms with Gasteiger partial charge in [0.15, 0.2) is 0 Å². The molecule has 1 aliphatic heterocycles. The van der Waals surface area contributed by atoms with Gasteiger partial charge in [0.1, 0.15) is 14.8 Å². The van der Waals surface area contributed by atoms with Crippen LogP contribution in [-0.4, -0.2) is 35.7 Å². The molecule has 1 saturated heterocycles. The summed E-state index contributed by atoms with van der Waals surface area (Å²) >= 11 is 0. The zero-order chi connectivity index (χ0) is 22.8. The number of esters is 1. The van der Waals surface area contributed by atoms with Crippen molar-refractivity contribution in [2.75, 3.05) is 19.0 Å². The second kappa shape index (κ2) is 13.4. The summed E-state index contributed by atoms with van der Waals surface area (Å²) in [5.41, 5.74) is 2.74. The van der Waals surface area contributed by atoms with Gasteiger partial charge in [-0.25, -0.2) is 0 Å². The lowest BCUT2D eigenvalue weighted by molar-refractivity contribution is -0.144. The van der Waals surface area contributed by atoms with Crippen molar-refractivity contribution in [1.29, 1.82) is 0 Å². The minimum Gasteiger partial charge on any atom is -0.463 e. The predicted molar refractivity (Wildman–Crippen MR) is 137 cm³/mol. The average molecular weight is 491 g/mol. The Bertz CT molecular complexity index is 885. The van der Waals surface area contributed by atoms with E-state index in [1.165, 1.54) is 18.6 Å². The Balaban J connectivity index is 1.46. The van der Waals surface area contributed by atoms with Crippen molar-refractivity contribution < 1.29 is 18.8 Å². The Morgan fingerprint density at radius 1 is 1.06 bits per heavy atom. The third-order valence-corrected chi connectivity index (χ3v) is 10.1. The van der Waals surface area contributed by atoms with Gasteiger partial charge < -0.3 is 9.26 Å². The van der Waals surface area contributed by atoms with Gasteiger partial charge in [-0.05, 0) is 38.7 Å². The lowest BCUT2D eigenvalue weighted by atomic mass is 10.1. The van der Waals surface area contributed by atoms with Crippen molar-refractivity contribution in [1.82, 2.24) is 0 Å². The van der Waals surface area contributed by atoms with Crippen LogP contribution in [0, 0.1) is 13.8 Å². The molecule has 0 N–H and O–H groups in total. The van der Waals surface area contributed by atoms with Crippen molar-refractivity contribution in [3.8, 4) is 0 Å². The molecule has 2 unspecified atom stereocenters. The van der Waals surface area contributed by atoms with Crippen LogP contribution in [0.2, 0.25) is 0 Å². The predicted octanol–water partition coefficient (Wildman–Crippen LogP) is 6.44. The number of benzene rings is 2. The summed E-state index contributed by atoms with van der Waals surface area (Å²) in [6.07, 6.45) is 4.83. The summed E-state index contributed by atoms with van der Waals surface area (Å²) in [6, 6.07) is 15.4. The number of carbonyl (C=O) groups is 2. The fraction of sp³-hybridized carbons (Fsp3) is 0.440. The Labute approximate surface area is 200 Å². The normalized spacial score (nSPS) is 16.6. The minimum absolute atomic E-state index is 0.0158. The summed E-state index contributed by atoms with van der Waals surface area (Å²) in [6.45, 7) is 4.34. The highest BCUT2D eigenvalue weighted by Gasteiger charge is 2.25. The molecule has 0 amide bonds. The highest BCUT2D eigenvalue weighted by atomic mass is 33.1. The van der Waals surface area contributed by atoms with E-state index < -0.39 is 8.15 Å². The molecule has 3 rings (SSSR count). The number of ether oxygens (including phenoxy) is 1. The van der Waals surface area contributed by atoms with Crippen molar-refractivity contribution in [3.63, 3.8) is 0 Å². The van der Waals surface area contributed by atoms with Gasteiger partial charge in [-0.3, -0.25) is 9.59 Å². The van der Waals surface area contributed by atoms with E-state index in [-0.39, 0.29) is 24.7 Å². The Morgan fingerprint density at radius 2 is 1.88 bits per heavy atom. The van der Waals surface area contributed by atoms with E-state index in [1.807, 2.05) is 84.0 Å². The fourth-order valence-electron chi connectivity index (χ4n) is 3.54. The fourth-order valence-corrected chi connectivity index (χ4v) is 8.24. The molecule has 0 aliphatic carbocycles. The first kappa shape index (κ1) is 25.3. The molecule has 0 radical (unpaired) electrons. The number of rotatable bonds is 12. The highest BCUT2D eigenvalue weighted by Crippen LogP contribution is 2.41. The molecule has 1 aliphatic rings. The van der Waals surface area contributed by atoms with Crippen LogP contribution in [0.25, 0.3) is 0 Å². The van der Waals surface area contributed by atoms with Crippen molar-refractivity contribution >= 4 is 46.5 Å². The van der Waals surface area contributed by atoms with E-state index in [4.69, 9.17) is 9.26 Å². The maximum atomic E-state index is 13.3. The van der Waals surface area contributed by atoms with E-state index in [1.54, 1.807) is 0 Å². The Kier molecular flexibility index (Phi) is 10.6. The second-order valence-corrected chi connectivity index (χ2v) is 12.4. The van der Waals surface area contributed by atoms with Crippen LogP contribution in [0.5, 0.6) is 0 Å². The SMILES string of the molecule is Cc1ccc(C(=O)P(OCCOC(=O)CCCCC2CCSS2)c2ccccc2)c(C)c1. The van der Waals surface area contributed by atoms with Crippen molar-refractivity contribution in [3.05, 3.63) is 65.2 Å². The number of unbranched alkanes of at least 4 members (excludes halogenated alkanes) is 1. The topological polar surface area (TPSA) is 52.6 Å². The highest BCUT2D eigenvalue weighted by molar-refractivity contribution is 8.77. The van der Waals surface area contributed by atoms with Gasteiger partial charge >= 0.3 is 5.97 Å². The van der Waals surface area contributed by atoms with Crippen LogP contribution in [0.1, 0.15) is 53.6 Å². The Morgan fingerprint density at radius 3 is 2.59 bits per heavy atom. The van der Waals surface area contributed by atoms with Crippen LogP contribution in [-0.2, 0) is 14.1 Å². The average Bonchev–Trinajstić information content (AvgIpc) is 3.30. The van der Waals surface area contributed by atoms with E-state index in [2.05, 4.69) is 0 Å². The van der Waals surface area contributed by atoms with Gasteiger partial charge in [0, 0.05) is 28.3 Å². The summed E-state index contributed by atoms with van der Waals surface area (Å²) in [4.78, 5) is 25.3. The summed E-state index contributed by atoms with van der Waals surface area (Å²) in [5.74, 6) is 1.06. The van der Waals surface area contributed by atoms with E-state index in [0.717, 1.165) is 34.5 Å². The summed E-state index contributed by atoms with van der Waals surface area (Å²) in [5, 5.41) is 1.61. The van der Waals surface area contributed by atoms with Gasteiger partial charge in [0.2, 0.25) is 5.52 Å². The quantitative estimate of drug-likeness (QED) is 0.148. The van der Waals surface area contributed by atoms with Crippen molar-refractivity contribution in [2.24, 2.45) is 0 Å². The number of aryl methyl sites for hydroxylation is 2. The second-order valence-electron chi connectivity index (χ2n) is 7.88. The van der Waals surface area contributed by atoms with Crippen LogP contribution in [0.3, 0.4) is 0 Å². The van der Waals surface area contributed by atoms with Gasteiger partial charge in [0.05, 0.1) is 6.61 Å². The number of carbonyl (C=O) groups excluding carboxylic acids is 2. The minimum atomic E-state index is -1.50. The van der Waals surface area contributed by atoms with Crippen molar-refractivity contribution in [2.45, 2.75) is 51.2 Å². The van der Waals surface area contributed by atoms with Crippen LogP contribution in [0.4, 0.5) is 0 Å². The van der Waals surface area contributed by atoms with Gasteiger partial charge in [-0.15, -0.1) is 0 Å². The molecule has 1 heterocycles. The van der Waals surface area contributed by atoms with E-state index in [9.17, 15) is 9.59 Å². The molecule has 4 nitrogen and oxygen atoms in total. The monoisotopic (exact) mass is 490 g/mol. The molecule has 0 spiro atoms. The zero-order valence-corrected chi connectivity index (χ0v) is 21.3. The number of hydrogen-bond acceptors (Lipinski definition) is 6. The molecular formula is C25H31O4PS2. The van der Waals surface area contributed by atoms with Gasteiger partial charge in [-0.2, -0.15) is 0 Å². The van der Waals surface area contributed by atoms with Crippen LogP contribution < -0.4 is 5.30 Å². The third-order valence-electron chi connectivity index (χ3n) is 5.24. The molecule has 172 valence electrons. The van der Waals surface area contributed by atoms with Crippen LogP contribution in [0.15, 0.2) is 48.5 Å². The molecule has 0 saturated carbocycles. The molecule has 2 aromatic carbocycles. The molecule has 32 heavy (non-hydrogen) atoms. The van der Waals surface area contributed by atoms with Gasteiger partial charge in [-0.1, -0.05) is 82.1 Å². The first-order valence-corrected chi connectivity index (χ1v) is 14.7. The maximum absolute atomic E-state index is 13.3. The maximum Gasteiger partial charge on any atom is 0.305 e. The molecular weight excluding hydrogens is 459 g/mol. The van der Waals surface area contributed by atoms with E-state index in [0.29, 0.717) is 12.0 Å². The third kappa shape index (κ3) is 7.91. The number of hydrogen-bond donors (Lipinski definition) is 0. The molecule has 0 aromatic heterocycles. The lowest BCUT2D eigenvalue weighted by Crippen LogP contribution is -2.15. The largest absolute Gasteiger partial charge is 0.463 e. The molecule has 2 aromatic rings. The molecule has 7 heteroatoms. The molecule has 1 fully saturated rings. The lowest BCUT2D eigenvalue weighted by Gasteiger charge is -2.18. The summed E-state index contributed by atoms with van der Waals surface area (Å²) < 4.78 is 11.4. The standard InChI is InChI=1S/C25H31O4PS2/c1-19-12-13-23(20(2)18-19)25(27)30(21-8-4-3-5-9-21)29-16-15-28-24(26)11-7-6-10-22-14-17-31-32-22/h3-5,8-9,12-13,18,22H,6-7,10-11,14-17H2,1-2H3. The zero-order valence-electron chi connectivity index (χ0n) is 18.7. The van der Waals surface area contributed by atoms with E-state index >= 15 is 0 Å². The van der Waals surface area contributed by atoms with Crippen LogP contribution >= 0.6 is 29.7 Å². The van der Waals surface area contributed by atoms with Gasteiger partial charge in [0.25, 0.3) is 0 Å². The molecule has 2 atom stereocenters. The first-order chi connectivity index (χ1) is 15.5. The first-order valence-electron chi connectivity index (χ1n) is 11.1.